The highest BCUT2D eigenvalue weighted by molar-refractivity contribution is 6.15. The molecule has 0 aromatic carbocycles. The van der Waals surface area contributed by atoms with Gasteiger partial charge in [-0.05, 0) is 0 Å². The van der Waals surface area contributed by atoms with Crippen molar-refractivity contribution >= 4 is 12.4 Å². The molecular formula is C6H11N3. The molecule has 0 aromatic heterocycles. The van der Waals surface area contributed by atoms with E-state index in [0.29, 0.717) is 0 Å². The monoisotopic (exact) mass is 125 g/mol. The van der Waals surface area contributed by atoms with Gasteiger partial charge in [-0.15, -0.1) is 0 Å². The molecule has 0 atom stereocenters. The molecule has 1 N–H and O–H groups in total. The molecule has 0 bridgehead atoms. The minimum absolute atomic E-state index is 0.867. The van der Waals surface area contributed by atoms with E-state index < -0.39 is 0 Å². The van der Waals surface area contributed by atoms with E-state index in [0.717, 1.165) is 26.2 Å². The van der Waals surface area contributed by atoms with Gasteiger partial charge in [0.15, 0.2) is 0 Å². The zero-order valence-electron chi connectivity index (χ0n) is 5.38. The summed E-state index contributed by atoms with van der Waals surface area (Å²) in [6.45, 7) is 3.68. The second kappa shape index (κ2) is 4.21. The van der Waals surface area contributed by atoms with Crippen LogP contribution in [0.4, 0.5) is 0 Å². The Balaban J connectivity index is 2.28. The number of nitrogens with zero attached hydrogens (tertiary/aromatic N) is 2. The molecule has 0 amide bonds. The minimum atomic E-state index is 0.867. The van der Waals surface area contributed by atoms with E-state index in [9.17, 15) is 0 Å². The Morgan fingerprint density at radius 2 is 1.56 bits per heavy atom. The molecule has 0 fully saturated rings. The van der Waals surface area contributed by atoms with Gasteiger partial charge in [0.1, 0.15) is 0 Å². The molecule has 0 aromatic rings. The Morgan fingerprint density at radius 3 is 2.11 bits per heavy atom. The third-order valence-electron chi connectivity index (χ3n) is 1.11. The lowest BCUT2D eigenvalue weighted by Crippen LogP contribution is -2.20. The molecule has 3 nitrogen and oxygen atoms in total. The quantitative estimate of drug-likeness (QED) is 0.475. The third kappa shape index (κ3) is 2.98. The van der Waals surface area contributed by atoms with Crippen LogP contribution in [0, 0.1) is 0 Å². The Kier molecular flexibility index (Phi) is 3.00. The van der Waals surface area contributed by atoms with Crippen molar-refractivity contribution in [1.29, 1.82) is 0 Å². The first-order valence-electron chi connectivity index (χ1n) is 3.19. The molecule has 1 rings (SSSR count). The van der Waals surface area contributed by atoms with Crippen LogP contribution in [-0.4, -0.2) is 38.6 Å². The molecule has 1 aliphatic rings. The van der Waals surface area contributed by atoms with E-state index in [-0.39, 0.29) is 0 Å². The smallest absolute Gasteiger partial charge is 0.0514 e. The van der Waals surface area contributed by atoms with Crippen LogP contribution in [0.1, 0.15) is 0 Å². The van der Waals surface area contributed by atoms with Gasteiger partial charge in [0.2, 0.25) is 0 Å². The second-order valence-electron chi connectivity index (χ2n) is 1.86. The van der Waals surface area contributed by atoms with Crippen LogP contribution in [-0.2, 0) is 0 Å². The van der Waals surface area contributed by atoms with Gasteiger partial charge in [-0.3, -0.25) is 9.98 Å². The summed E-state index contributed by atoms with van der Waals surface area (Å²) in [5, 5.41) is 3.20. The first kappa shape index (κ1) is 6.42. The fourth-order valence-electron chi connectivity index (χ4n) is 0.656. The molecule has 9 heavy (non-hydrogen) atoms. The largest absolute Gasteiger partial charge is 0.313 e. The Hall–Kier alpha value is -0.700. The molecule has 0 saturated carbocycles. The van der Waals surface area contributed by atoms with E-state index in [2.05, 4.69) is 15.3 Å². The van der Waals surface area contributed by atoms with Crippen LogP contribution in [0.5, 0.6) is 0 Å². The number of hydrogen-bond acceptors (Lipinski definition) is 3. The summed E-state index contributed by atoms with van der Waals surface area (Å²) < 4.78 is 0. The molecule has 1 heterocycles. The van der Waals surface area contributed by atoms with Crippen LogP contribution in [0.15, 0.2) is 9.98 Å². The van der Waals surface area contributed by atoms with Crippen LogP contribution in [0.2, 0.25) is 0 Å². The van der Waals surface area contributed by atoms with Gasteiger partial charge >= 0.3 is 0 Å². The zero-order chi connectivity index (χ0) is 6.36. The second-order valence-corrected chi connectivity index (χ2v) is 1.86. The minimum Gasteiger partial charge on any atom is -0.313 e. The van der Waals surface area contributed by atoms with Gasteiger partial charge in [-0.25, -0.2) is 0 Å². The number of hydrogen-bond donors (Lipinski definition) is 1. The van der Waals surface area contributed by atoms with Gasteiger partial charge in [0.25, 0.3) is 0 Å². The standard InChI is InChI=1S/C6H11N3/c1-2-8-5-6-9-4-3-7-1/h1-2,9H,3-6H2. The summed E-state index contributed by atoms with van der Waals surface area (Å²) in [5.74, 6) is 0. The average Bonchev–Trinajstić information content (AvgIpc) is 2.00. The summed E-state index contributed by atoms with van der Waals surface area (Å²) in [6, 6.07) is 0. The van der Waals surface area contributed by atoms with Crippen LogP contribution in [0.3, 0.4) is 0 Å². The molecule has 50 valence electrons. The van der Waals surface area contributed by atoms with Crippen molar-refractivity contribution in [1.82, 2.24) is 5.32 Å². The maximum absolute atomic E-state index is 4.05. The van der Waals surface area contributed by atoms with E-state index in [1.807, 2.05) is 0 Å². The number of rotatable bonds is 0. The first-order chi connectivity index (χ1) is 4.50. The fraction of sp³-hybridized carbons (Fsp3) is 0.667. The summed E-state index contributed by atoms with van der Waals surface area (Å²) in [5.41, 5.74) is 0. The maximum Gasteiger partial charge on any atom is 0.0514 e. The summed E-state index contributed by atoms with van der Waals surface area (Å²) >= 11 is 0. The van der Waals surface area contributed by atoms with Gasteiger partial charge in [-0.2, -0.15) is 0 Å². The van der Waals surface area contributed by atoms with Gasteiger partial charge < -0.3 is 5.32 Å². The number of aliphatic imine (C=N–C) groups is 2. The lowest BCUT2D eigenvalue weighted by molar-refractivity contribution is 0.701. The molecule has 1 aliphatic heterocycles. The molecule has 0 saturated heterocycles. The van der Waals surface area contributed by atoms with Crippen molar-refractivity contribution in [3.63, 3.8) is 0 Å². The van der Waals surface area contributed by atoms with Crippen molar-refractivity contribution in [2.45, 2.75) is 0 Å². The number of nitrogens with one attached hydrogen (secondary N) is 1. The normalized spacial score (nSPS) is 20.4. The predicted octanol–water partition coefficient (Wildman–Crippen LogP) is -0.269. The Morgan fingerprint density at radius 1 is 1.00 bits per heavy atom. The summed E-state index contributed by atoms with van der Waals surface area (Å²) in [6.07, 6.45) is 3.51. The lowest BCUT2D eigenvalue weighted by atomic mass is 10.6. The summed E-state index contributed by atoms with van der Waals surface area (Å²) in [7, 11) is 0. The highest BCUT2D eigenvalue weighted by atomic mass is 14.9. The highest BCUT2D eigenvalue weighted by Crippen LogP contribution is 1.71. The van der Waals surface area contributed by atoms with Crippen molar-refractivity contribution in [2.75, 3.05) is 26.2 Å². The highest BCUT2D eigenvalue weighted by Gasteiger charge is 1.84. The Bertz CT molecular complexity index is 103. The molecular weight excluding hydrogens is 114 g/mol. The van der Waals surface area contributed by atoms with Crippen molar-refractivity contribution in [2.24, 2.45) is 9.98 Å². The SMILES string of the molecule is C1=NCCNCCN=C1. The molecule has 0 spiro atoms. The van der Waals surface area contributed by atoms with Crippen LogP contribution < -0.4 is 5.32 Å². The average molecular weight is 125 g/mol. The molecule has 3 heteroatoms. The molecule has 0 unspecified atom stereocenters. The third-order valence-corrected chi connectivity index (χ3v) is 1.11. The van der Waals surface area contributed by atoms with Crippen molar-refractivity contribution in [3.8, 4) is 0 Å². The molecule has 0 radical (unpaired) electrons. The van der Waals surface area contributed by atoms with E-state index in [1.54, 1.807) is 12.4 Å². The van der Waals surface area contributed by atoms with Gasteiger partial charge in [0, 0.05) is 25.5 Å². The van der Waals surface area contributed by atoms with Crippen molar-refractivity contribution < 1.29 is 0 Å². The lowest BCUT2D eigenvalue weighted by Gasteiger charge is -1.95. The van der Waals surface area contributed by atoms with Crippen LogP contribution in [0.25, 0.3) is 0 Å². The van der Waals surface area contributed by atoms with Crippen molar-refractivity contribution in [3.05, 3.63) is 0 Å². The summed E-state index contributed by atoms with van der Waals surface area (Å²) in [4.78, 5) is 8.11. The topological polar surface area (TPSA) is 36.8 Å². The maximum atomic E-state index is 4.05. The van der Waals surface area contributed by atoms with Gasteiger partial charge in [0.05, 0.1) is 13.1 Å². The van der Waals surface area contributed by atoms with Crippen LogP contribution >= 0.6 is 0 Å². The van der Waals surface area contributed by atoms with E-state index in [1.165, 1.54) is 0 Å². The Labute approximate surface area is 54.9 Å². The fourth-order valence-corrected chi connectivity index (χ4v) is 0.656. The van der Waals surface area contributed by atoms with E-state index in [4.69, 9.17) is 0 Å². The van der Waals surface area contributed by atoms with E-state index >= 15 is 0 Å². The van der Waals surface area contributed by atoms with Gasteiger partial charge in [-0.1, -0.05) is 0 Å². The first-order valence-corrected chi connectivity index (χ1v) is 3.19. The molecule has 0 aliphatic carbocycles. The predicted molar refractivity (Wildman–Crippen MR) is 39.6 cm³/mol. The zero-order valence-corrected chi connectivity index (χ0v) is 5.38.